The van der Waals surface area contributed by atoms with Gasteiger partial charge in [0.15, 0.2) is 0 Å². The van der Waals surface area contributed by atoms with Gasteiger partial charge in [-0.25, -0.2) is 0 Å². The highest BCUT2D eigenvalue weighted by molar-refractivity contribution is 5.53. The molecular formula is C13H22N3O+. The van der Waals surface area contributed by atoms with E-state index in [0.717, 1.165) is 35.5 Å². The first-order valence-corrected chi connectivity index (χ1v) is 6.07. The minimum atomic E-state index is -0.273. The van der Waals surface area contributed by atoms with E-state index in [9.17, 15) is 5.11 Å². The molecule has 1 aromatic carbocycles. The molecule has 2 rings (SSSR count). The van der Waals surface area contributed by atoms with Crippen molar-refractivity contribution >= 4 is 11.4 Å². The number of quaternary nitrogens is 1. The van der Waals surface area contributed by atoms with Crippen LogP contribution in [0.1, 0.15) is 0 Å². The van der Waals surface area contributed by atoms with Gasteiger partial charge in [0.1, 0.15) is 12.6 Å². The fourth-order valence-electron chi connectivity index (χ4n) is 2.38. The monoisotopic (exact) mass is 236 g/mol. The molecule has 1 fully saturated rings. The van der Waals surface area contributed by atoms with Crippen LogP contribution in [0.3, 0.4) is 0 Å². The van der Waals surface area contributed by atoms with Crippen LogP contribution in [-0.2, 0) is 0 Å². The molecule has 0 aromatic heterocycles. The first-order chi connectivity index (χ1) is 7.96. The minimum Gasteiger partial charge on any atom is -0.399 e. The van der Waals surface area contributed by atoms with Gasteiger partial charge in [0, 0.05) is 17.9 Å². The molecule has 1 atom stereocenters. The van der Waals surface area contributed by atoms with Gasteiger partial charge in [-0.05, 0) is 24.3 Å². The molecule has 0 bridgehead atoms. The quantitative estimate of drug-likeness (QED) is 0.552. The zero-order valence-corrected chi connectivity index (χ0v) is 10.6. The second-order valence-electron chi connectivity index (χ2n) is 5.53. The molecule has 0 radical (unpaired) electrons. The Bertz CT molecular complexity index is 375. The number of nitrogens with two attached hydrogens (primary N) is 1. The van der Waals surface area contributed by atoms with Crippen molar-refractivity contribution in [2.45, 2.75) is 6.10 Å². The number of aliphatic hydroxyl groups is 1. The van der Waals surface area contributed by atoms with E-state index in [1.165, 1.54) is 0 Å². The lowest BCUT2D eigenvalue weighted by Gasteiger charge is -2.28. The third-order valence-corrected chi connectivity index (χ3v) is 3.37. The summed E-state index contributed by atoms with van der Waals surface area (Å²) in [5, 5.41) is 10.0. The summed E-state index contributed by atoms with van der Waals surface area (Å²) in [5.41, 5.74) is 7.60. The highest BCUT2D eigenvalue weighted by Crippen LogP contribution is 2.19. The lowest BCUT2D eigenvalue weighted by molar-refractivity contribution is -0.890. The molecule has 0 aliphatic carbocycles. The first kappa shape index (κ1) is 12.2. The maximum Gasteiger partial charge on any atom is 0.120 e. The van der Waals surface area contributed by atoms with Crippen LogP contribution in [0.4, 0.5) is 11.4 Å². The number of aliphatic hydroxyl groups excluding tert-OH is 1. The molecule has 1 saturated heterocycles. The van der Waals surface area contributed by atoms with Gasteiger partial charge in [-0.2, -0.15) is 0 Å². The van der Waals surface area contributed by atoms with Crippen molar-refractivity contribution in [1.82, 2.24) is 0 Å². The van der Waals surface area contributed by atoms with Gasteiger partial charge in [-0.1, -0.05) is 0 Å². The van der Waals surface area contributed by atoms with Gasteiger partial charge in [-0.15, -0.1) is 0 Å². The van der Waals surface area contributed by atoms with Crippen LogP contribution in [-0.4, -0.2) is 56.0 Å². The van der Waals surface area contributed by atoms with Crippen molar-refractivity contribution < 1.29 is 9.59 Å². The van der Waals surface area contributed by atoms with E-state index >= 15 is 0 Å². The topological polar surface area (TPSA) is 49.5 Å². The normalized spacial score (nSPS) is 24.4. The minimum absolute atomic E-state index is 0.273. The third kappa shape index (κ3) is 3.11. The lowest BCUT2D eigenvalue weighted by Crippen LogP contribution is -2.45. The summed E-state index contributed by atoms with van der Waals surface area (Å²) in [6.07, 6.45) is -0.273. The molecule has 0 saturated carbocycles. The molecule has 1 unspecified atom stereocenters. The van der Waals surface area contributed by atoms with E-state index in [4.69, 9.17) is 5.73 Å². The molecule has 1 aliphatic heterocycles. The zero-order chi connectivity index (χ0) is 12.5. The predicted octanol–water partition coefficient (Wildman–Crippen LogP) is 0.526. The Kier molecular flexibility index (Phi) is 3.26. The molecular weight excluding hydrogens is 214 g/mol. The van der Waals surface area contributed by atoms with Crippen LogP contribution in [0, 0.1) is 0 Å². The summed E-state index contributed by atoms with van der Waals surface area (Å²) in [5.74, 6) is 0. The molecule has 3 N–H and O–H groups in total. The van der Waals surface area contributed by atoms with Crippen molar-refractivity contribution in [3.05, 3.63) is 24.3 Å². The zero-order valence-electron chi connectivity index (χ0n) is 10.6. The maximum absolute atomic E-state index is 10.0. The third-order valence-electron chi connectivity index (χ3n) is 3.37. The maximum atomic E-state index is 10.0. The number of rotatable bonds is 1. The summed E-state index contributed by atoms with van der Waals surface area (Å²) in [4.78, 5) is 2.23. The van der Waals surface area contributed by atoms with Gasteiger partial charge in [-0.3, -0.25) is 0 Å². The molecule has 94 valence electrons. The van der Waals surface area contributed by atoms with Gasteiger partial charge in [0.05, 0.1) is 27.2 Å². The number of nitrogen functional groups attached to an aromatic ring is 1. The molecule has 1 aromatic rings. The Labute approximate surface area is 103 Å². The summed E-state index contributed by atoms with van der Waals surface area (Å²) in [6.45, 7) is 3.52. The largest absolute Gasteiger partial charge is 0.399 e. The van der Waals surface area contributed by atoms with E-state index in [1.54, 1.807) is 0 Å². The standard InChI is InChI=1S/C13H22N3O/c1-16(2)8-7-15(9-13(17)10-16)12-5-3-11(14)4-6-12/h3-6,13,17H,7-10,14H2,1-2H3/q+1. The van der Waals surface area contributed by atoms with Gasteiger partial charge >= 0.3 is 0 Å². The molecule has 4 heteroatoms. The number of β-amino-alcohol motifs (C(OH)–C–C–N with tert-alkyl or cyclic N) is 1. The van der Waals surface area contributed by atoms with Crippen LogP contribution in [0.5, 0.6) is 0 Å². The summed E-state index contributed by atoms with van der Waals surface area (Å²) in [7, 11) is 4.32. The Hall–Kier alpha value is -1.26. The van der Waals surface area contributed by atoms with Crippen LogP contribution in [0.15, 0.2) is 24.3 Å². The van der Waals surface area contributed by atoms with Crippen molar-refractivity contribution in [3.8, 4) is 0 Å². The van der Waals surface area contributed by atoms with E-state index < -0.39 is 0 Å². The average Bonchev–Trinajstić information content (AvgIpc) is 2.37. The van der Waals surface area contributed by atoms with Crippen LogP contribution in [0.2, 0.25) is 0 Å². The number of nitrogens with zero attached hydrogens (tertiary/aromatic N) is 2. The van der Waals surface area contributed by atoms with Crippen LogP contribution < -0.4 is 10.6 Å². The fourth-order valence-corrected chi connectivity index (χ4v) is 2.38. The Morgan fingerprint density at radius 1 is 1.29 bits per heavy atom. The summed E-state index contributed by atoms with van der Waals surface area (Å²) < 4.78 is 0.868. The van der Waals surface area contributed by atoms with E-state index in [0.29, 0.717) is 6.54 Å². The average molecular weight is 236 g/mol. The molecule has 0 amide bonds. The molecule has 1 aliphatic rings. The SMILES string of the molecule is C[N+]1(C)CCN(c2ccc(N)cc2)CC(O)C1. The van der Waals surface area contributed by atoms with E-state index in [-0.39, 0.29) is 6.10 Å². The second-order valence-corrected chi connectivity index (χ2v) is 5.53. The number of benzene rings is 1. The Balaban J connectivity index is 2.14. The second kappa shape index (κ2) is 4.55. The van der Waals surface area contributed by atoms with Crippen LogP contribution >= 0.6 is 0 Å². The molecule has 4 nitrogen and oxygen atoms in total. The number of hydrogen-bond acceptors (Lipinski definition) is 3. The fraction of sp³-hybridized carbons (Fsp3) is 0.538. The lowest BCUT2D eigenvalue weighted by atomic mass is 10.2. The van der Waals surface area contributed by atoms with Crippen LogP contribution in [0.25, 0.3) is 0 Å². The van der Waals surface area contributed by atoms with Crippen molar-refractivity contribution in [3.63, 3.8) is 0 Å². The predicted molar refractivity (Wildman–Crippen MR) is 70.9 cm³/mol. The first-order valence-electron chi connectivity index (χ1n) is 6.07. The highest BCUT2D eigenvalue weighted by atomic mass is 16.3. The smallest absolute Gasteiger partial charge is 0.120 e. The Morgan fingerprint density at radius 2 is 1.94 bits per heavy atom. The van der Waals surface area contributed by atoms with Gasteiger partial charge in [0.2, 0.25) is 0 Å². The van der Waals surface area contributed by atoms with E-state index in [1.807, 2.05) is 24.3 Å². The number of hydrogen-bond donors (Lipinski definition) is 2. The molecule has 1 heterocycles. The van der Waals surface area contributed by atoms with Gasteiger partial charge in [0.25, 0.3) is 0 Å². The Morgan fingerprint density at radius 3 is 2.59 bits per heavy atom. The summed E-state index contributed by atoms with van der Waals surface area (Å²) in [6, 6.07) is 7.86. The summed E-state index contributed by atoms with van der Waals surface area (Å²) >= 11 is 0. The number of anilines is 2. The number of likely N-dealkylation sites (N-methyl/N-ethyl adjacent to an activating group) is 1. The van der Waals surface area contributed by atoms with Gasteiger partial charge < -0.3 is 20.2 Å². The van der Waals surface area contributed by atoms with Crippen molar-refractivity contribution in [1.29, 1.82) is 0 Å². The van der Waals surface area contributed by atoms with Crippen molar-refractivity contribution in [2.75, 3.05) is 50.9 Å². The van der Waals surface area contributed by atoms with Crippen molar-refractivity contribution in [2.24, 2.45) is 0 Å². The van der Waals surface area contributed by atoms with E-state index in [2.05, 4.69) is 19.0 Å². The molecule has 0 spiro atoms. The highest BCUT2D eigenvalue weighted by Gasteiger charge is 2.27. The molecule has 17 heavy (non-hydrogen) atoms.